The van der Waals surface area contributed by atoms with E-state index in [9.17, 15) is 13.9 Å². The summed E-state index contributed by atoms with van der Waals surface area (Å²) in [5.74, 6) is -0.642. The van der Waals surface area contributed by atoms with Crippen molar-refractivity contribution in [2.45, 2.75) is 57.2 Å². The number of nitrogens with zero attached hydrogens (tertiary/aromatic N) is 5. The van der Waals surface area contributed by atoms with Crippen LogP contribution in [0.2, 0.25) is 0 Å². The third-order valence-corrected chi connectivity index (χ3v) is 10.6. The van der Waals surface area contributed by atoms with Crippen LogP contribution in [0, 0.1) is 17.0 Å². The highest BCUT2D eigenvalue weighted by molar-refractivity contribution is 6.01. The van der Waals surface area contributed by atoms with Crippen LogP contribution in [0.15, 0.2) is 30.5 Å². The number of hydrogen-bond donors (Lipinski definition) is 1. The van der Waals surface area contributed by atoms with Gasteiger partial charge in [0.2, 0.25) is 0 Å². The summed E-state index contributed by atoms with van der Waals surface area (Å²) >= 11 is 0. The Labute approximate surface area is 259 Å². The largest absolute Gasteiger partial charge is 0.508 e. The molecule has 6 heterocycles. The molecule has 0 saturated carbocycles. The zero-order valence-corrected chi connectivity index (χ0v) is 25.3. The number of halogens is 3. The number of pyridine rings is 1. The second-order valence-corrected chi connectivity index (χ2v) is 13.3. The van der Waals surface area contributed by atoms with Gasteiger partial charge >= 0.3 is 6.01 Å². The van der Waals surface area contributed by atoms with Crippen molar-refractivity contribution >= 4 is 27.5 Å². The van der Waals surface area contributed by atoms with Crippen molar-refractivity contribution in [1.82, 2.24) is 19.9 Å². The Morgan fingerprint density at radius 3 is 2.67 bits per heavy atom. The highest BCUT2D eigenvalue weighted by atomic mass is 19.1. The van der Waals surface area contributed by atoms with Gasteiger partial charge in [-0.2, -0.15) is 9.97 Å². The predicted octanol–water partition coefficient (Wildman–Crippen LogP) is 5.96. The van der Waals surface area contributed by atoms with Gasteiger partial charge < -0.3 is 19.5 Å². The summed E-state index contributed by atoms with van der Waals surface area (Å²) in [4.78, 5) is 18.2. The minimum absolute atomic E-state index is 0.0328. The number of benzene rings is 2. The third kappa shape index (κ3) is 4.69. The summed E-state index contributed by atoms with van der Waals surface area (Å²) in [6.07, 6.45) is 5.09. The average molecular weight is 620 g/mol. The van der Waals surface area contributed by atoms with E-state index in [-0.39, 0.29) is 40.6 Å². The normalized spacial score (nSPS) is 24.4. The standard InChI is InChI=1S/C34H36F3N5O3/c1-2-23-26(36)5-4-20-12-22(43)13-24(27(20)23)29-28(37)30-25(15-38-29)31(41-10-7-33(8-11-41)17-44-18-33)40-32(39-30)45-19-34-6-3-9-42(34)16-21(35)14-34/h4-5,12-13,15,21,43H,2-3,6-11,14,16-19H2,1H3/t21-,34+/m1/s1. The molecule has 11 heteroatoms. The fourth-order valence-corrected chi connectivity index (χ4v) is 8.07. The quantitative estimate of drug-likeness (QED) is 0.283. The lowest BCUT2D eigenvalue weighted by atomic mass is 9.77. The molecular formula is C34H36F3N5O3. The Morgan fingerprint density at radius 2 is 1.91 bits per heavy atom. The summed E-state index contributed by atoms with van der Waals surface area (Å²) in [5, 5.41) is 12.1. The van der Waals surface area contributed by atoms with E-state index < -0.39 is 23.3 Å². The van der Waals surface area contributed by atoms with E-state index in [1.165, 1.54) is 18.2 Å². The van der Waals surface area contributed by atoms with Gasteiger partial charge in [-0.15, -0.1) is 0 Å². The molecule has 4 aliphatic rings. The second kappa shape index (κ2) is 10.7. The molecule has 4 aliphatic heterocycles. The maximum Gasteiger partial charge on any atom is 0.319 e. The van der Waals surface area contributed by atoms with E-state index in [0.717, 1.165) is 58.5 Å². The minimum atomic E-state index is -0.904. The van der Waals surface area contributed by atoms with Gasteiger partial charge in [-0.3, -0.25) is 9.88 Å². The Bertz CT molecular complexity index is 1810. The SMILES string of the molecule is CCc1c(F)ccc2cc(O)cc(-c3ncc4c(N5CCC6(CC5)COC6)nc(OC[C@@]56CCCN5C[C@H](F)C6)nc4c3F)c12. The molecule has 236 valence electrons. The molecule has 0 amide bonds. The number of fused-ring (bicyclic) bond motifs is 3. The first-order valence-corrected chi connectivity index (χ1v) is 15.9. The lowest BCUT2D eigenvalue weighted by molar-refractivity contribution is -0.124. The molecule has 0 radical (unpaired) electrons. The molecule has 4 fully saturated rings. The van der Waals surface area contributed by atoms with Crippen molar-refractivity contribution in [3.8, 4) is 23.0 Å². The van der Waals surface area contributed by atoms with Crippen LogP contribution in [0.1, 0.15) is 44.6 Å². The fourth-order valence-electron chi connectivity index (χ4n) is 8.07. The highest BCUT2D eigenvalue weighted by Gasteiger charge is 2.49. The van der Waals surface area contributed by atoms with Crippen LogP contribution >= 0.6 is 0 Å². The summed E-state index contributed by atoms with van der Waals surface area (Å²) < 4.78 is 57.9. The van der Waals surface area contributed by atoms with Crippen molar-refractivity contribution in [3.63, 3.8) is 0 Å². The van der Waals surface area contributed by atoms with Gasteiger partial charge in [0.25, 0.3) is 0 Å². The number of aryl methyl sites for hydroxylation is 1. The van der Waals surface area contributed by atoms with Gasteiger partial charge in [-0.05, 0) is 73.2 Å². The lowest BCUT2D eigenvalue weighted by Gasteiger charge is -2.47. The molecule has 4 saturated heterocycles. The molecule has 45 heavy (non-hydrogen) atoms. The van der Waals surface area contributed by atoms with Crippen LogP contribution in [0.3, 0.4) is 0 Å². The summed E-state index contributed by atoms with van der Waals surface area (Å²) in [5.41, 5.74) is 0.473. The summed E-state index contributed by atoms with van der Waals surface area (Å²) in [6, 6.07) is 5.92. The first-order valence-electron chi connectivity index (χ1n) is 15.9. The van der Waals surface area contributed by atoms with Crippen molar-refractivity contribution in [2.75, 3.05) is 50.9 Å². The Kier molecular flexibility index (Phi) is 6.83. The van der Waals surface area contributed by atoms with E-state index in [0.29, 0.717) is 46.9 Å². The molecule has 1 N–H and O–H groups in total. The van der Waals surface area contributed by atoms with Gasteiger partial charge in [0.1, 0.15) is 41.4 Å². The Balaban J connectivity index is 1.25. The second-order valence-electron chi connectivity index (χ2n) is 13.3. The molecule has 0 bridgehead atoms. The Hall–Kier alpha value is -3.70. The number of aromatic hydroxyl groups is 1. The molecule has 8 rings (SSSR count). The first-order chi connectivity index (χ1) is 21.8. The number of anilines is 1. The zero-order chi connectivity index (χ0) is 30.9. The van der Waals surface area contributed by atoms with Gasteiger partial charge in [0.15, 0.2) is 5.82 Å². The number of piperidine rings is 1. The van der Waals surface area contributed by atoms with E-state index in [2.05, 4.69) is 19.8 Å². The molecule has 0 aliphatic carbocycles. The zero-order valence-electron chi connectivity index (χ0n) is 25.3. The summed E-state index contributed by atoms with van der Waals surface area (Å²) in [7, 11) is 0. The Morgan fingerprint density at radius 1 is 1.09 bits per heavy atom. The van der Waals surface area contributed by atoms with Gasteiger partial charge in [0.05, 0.1) is 24.1 Å². The molecule has 1 spiro atoms. The van der Waals surface area contributed by atoms with Crippen LogP contribution in [-0.2, 0) is 11.2 Å². The van der Waals surface area contributed by atoms with Gasteiger partial charge in [-0.25, -0.2) is 13.2 Å². The molecule has 0 unspecified atom stereocenters. The van der Waals surface area contributed by atoms with Crippen LogP contribution in [0.25, 0.3) is 32.9 Å². The molecule has 2 aromatic heterocycles. The maximum atomic E-state index is 16.8. The molecule has 2 atom stereocenters. The average Bonchev–Trinajstić information content (AvgIpc) is 3.55. The van der Waals surface area contributed by atoms with Crippen molar-refractivity contribution in [2.24, 2.45) is 5.41 Å². The van der Waals surface area contributed by atoms with Crippen molar-refractivity contribution < 1.29 is 27.8 Å². The van der Waals surface area contributed by atoms with Gasteiger partial charge in [0, 0.05) is 43.2 Å². The number of phenols is 1. The maximum absolute atomic E-state index is 16.8. The number of hydrogen-bond acceptors (Lipinski definition) is 8. The first kappa shape index (κ1) is 28.8. The number of rotatable bonds is 6. The fraction of sp³-hybridized carbons (Fsp3) is 0.500. The number of alkyl halides is 1. The van der Waals surface area contributed by atoms with Gasteiger partial charge in [-0.1, -0.05) is 13.0 Å². The number of ether oxygens (including phenoxy) is 2. The minimum Gasteiger partial charge on any atom is -0.508 e. The van der Waals surface area contributed by atoms with E-state index in [4.69, 9.17) is 14.5 Å². The lowest BCUT2D eigenvalue weighted by Crippen LogP contribution is -2.51. The molecule has 2 aromatic carbocycles. The van der Waals surface area contributed by atoms with Crippen LogP contribution in [0.4, 0.5) is 19.0 Å². The topological polar surface area (TPSA) is 83.8 Å². The van der Waals surface area contributed by atoms with Crippen LogP contribution < -0.4 is 9.64 Å². The molecule has 4 aromatic rings. The summed E-state index contributed by atoms with van der Waals surface area (Å²) in [6.45, 7) is 6.22. The predicted molar refractivity (Wildman–Crippen MR) is 164 cm³/mol. The van der Waals surface area contributed by atoms with Crippen LogP contribution in [0.5, 0.6) is 11.8 Å². The molecular weight excluding hydrogens is 583 g/mol. The van der Waals surface area contributed by atoms with Crippen molar-refractivity contribution in [1.29, 1.82) is 0 Å². The van der Waals surface area contributed by atoms with E-state index in [1.54, 1.807) is 12.3 Å². The van der Waals surface area contributed by atoms with E-state index >= 15 is 4.39 Å². The monoisotopic (exact) mass is 619 g/mol. The van der Waals surface area contributed by atoms with E-state index in [1.807, 2.05) is 6.92 Å². The smallest absolute Gasteiger partial charge is 0.319 e. The third-order valence-electron chi connectivity index (χ3n) is 10.6. The molecule has 8 nitrogen and oxygen atoms in total. The number of phenolic OH excluding ortho intramolecular Hbond substituents is 1. The van der Waals surface area contributed by atoms with Crippen LogP contribution in [-0.4, -0.2) is 82.7 Å². The highest BCUT2D eigenvalue weighted by Crippen LogP contribution is 2.43. The van der Waals surface area contributed by atoms with Crippen molar-refractivity contribution in [3.05, 3.63) is 47.7 Å². The number of aromatic nitrogens is 3.